The smallest absolute Gasteiger partial charge is 0.228 e. The summed E-state index contributed by atoms with van der Waals surface area (Å²) in [4.78, 5) is 19.8. The minimum Gasteiger partial charge on any atom is -0.383 e. The molecule has 0 atom stereocenters. The lowest BCUT2D eigenvalue weighted by atomic mass is 9.94. The van der Waals surface area contributed by atoms with Crippen molar-refractivity contribution in [3.8, 4) is 5.69 Å². The monoisotopic (exact) mass is 459 g/mol. The number of amides is 1. The molecule has 2 heterocycles. The van der Waals surface area contributed by atoms with Crippen molar-refractivity contribution in [1.82, 2.24) is 19.6 Å². The zero-order valence-corrected chi connectivity index (χ0v) is 20.9. The summed E-state index contributed by atoms with van der Waals surface area (Å²) in [5, 5.41) is 4.82. The van der Waals surface area contributed by atoms with Crippen LogP contribution in [0.1, 0.15) is 39.0 Å². The number of aryl methyl sites for hydroxylation is 1. The molecule has 1 aliphatic rings. The molecule has 1 aliphatic heterocycles. The third-order valence-electron chi connectivity index (χ3n) is 6.17. The number of piperazine rings is 1. The summed E-state index contributed by atoms with van der Waals surface area (Å²) in [7, 11) is 1.64. The Morgan fingerprint density at radius 2 is 1.91 bits per heavy atom. The van der Waals surface area contributed by atoms with E-state index in [-0.39, 0.29) is 11.7 Å². The second kappa shape index (κ2) is 10.7. The number of nitrogens with zero attached hydrogens (tertiary/aromatic N) is 5. The average molecular weight is 460 g/mol. The average Bonchev–Trinajstić information content (AvgIpc) is 3.11. The summed E-state index contributed by atoms with van der Waals surface area (Å²) in [6.07, 6.45) is 0. The van der Waals surface area contributed by atoms with Crippen LogP contribution in [0.3, 0.4) is 0 Å². The fourth-order valence-electron chi connectivity index (χ4n) is 4.24. The van der Waals surface area contributed by atoms with Crippen LogP contribution in [0.2, 0.25) is 0 Å². The lowest BCUT2D eigenvalue weighted by molar-refractivity contribution is -0.140. The van der Waals surface area contributed by atoms with Gasteiger partial charge >= 0.3 is 0 Å². The Labute approximate surface area is 197 Å². The number of ether oxygens (including phenoxy) is 1. The van der Waals surface area contributed by atoms with Gasteiger partial charge in [0.25, 0.3) is 0 Å². The number of anilines is 1. The summed E-state index contributed by atoms with van der Waals surface area (Å²) < 4.78 is 21.2. The fourth-order valence-corrected chi connectivity index (χ4v) is 4.24. The number of hydrogen-bond acceptors (Lipinski definition) is 5. The van der Waals surface area contributed by atoms with Crippen LogP contribution >= 0.6 is 0 Å². The van der Waals surface area contributed by atoms with Crippen LogP contribution in [-0.4, -0.2) is 78.5 Å². The van der Waals surface area contributed by atoms with Crippen molar-refractivity contribution in [2.45, 2.75) is 41.2 Å². The van der Waals surface area contributed by atoms with E-state index in [2.05, 4.69) is 16.7 Å². The molecule has 3 rings (SSSR count). The van der Waals surface area contributed by atoms with Gasteiger partial charge in [-0.1, -0.05) is 33.8 Å². The predicted octanol–water partition coefficient (Wildman–Crippen LogP) is 3.48. The molecule has 0 N–H and O–H groups in total. The molecule has 1 saturated heterocycles. The van der Waals surface area contributed by atoms with Gasteiger partial charge in [0.05, 0.1) is 24.5 Å². The molecule has 7 nitrogen and oxygen atoms in total. The van der Waals surface area contributed by atoms with Crippen molar-refractivity contribution < 1.29 is 13.9 Å². The summed E-state index contributed by atoms with van der Waals surface area (Å²) in [5.74, 6) is 0.714. The van der Waals surface area contributed by atoms with Gasteiger partial charge in [0.2, 0.25) is 5.91 Å². The zero-order valence-electron chi connectivity index (χ0n) is 20.9. The Morgan fingerprint density at radius 3 is 2.48 bits per heavy atom. The van der Waals surface area contributed by atoms with Crippen molar-refractivity contribution in [2.75, 3.05) is 57.9 Å². The molecule has 2 aromatic rings. The van der Waals surface area contributed by atoms with E-state index in [0.29, 0.717) is 25.4 Å². The second-order valence-corrected chi connectivity index (χ2v) is 9.67. The maximum Gasteiger partial charge on any atom is 0.228 e. The maximum absolute atomic E-state index is 14.1. The van der Waals surface area contributed by atoms with Gasteiger partial charge in [0.1, 0.15) is 11.6 Å². The zero-order chi connectivity index (χ0) is 24.2. The summed E-state index contributed by atoms with van der Waals surface area (Å²) in [6, 6.07) is 6.52. The Hall–Kier alpha value is -2.45. The van der Waals surface area contributed by atoms with Crippen molar-refractivity contribution >= 4 is 11.7 Å². The Kier molecular flexibility index (Phi) is 8.13. The molecule has 1 fully saturated rings. The third kappa shape index (κ3) is 5.92. The van der Waals surface area contributed by atoms with Gasteiger partial charge in [-0.3, -0.25) is 4.79 Å². The Bertz CT molecular complexity index is 945. The first kappa shape index (κ1) is 25.2. The quantitative estimate of drug-likeness (QED) is 0.605. The van der Waals surface area contributed by atoms with Crippen LogP contribution in [0, 0.1) is 18.2 Å². The van der Waals surface area contributed by atoms with Crippen molar-refractivity contribution in [3.05, 3.63) is 41.3 Å². The van der Waals surface area contributed by atoms with E-state index in [9.17, 15) is 9.18 Å². The second-order valence-electron chi connectivity index (χ2n) is 9.67. The molecule has 0 spiro atoms. The SMILES string of the molecule is CCN1CCN(c2c(CN(CCOC)C(=O)C(C)(C)C)c(C)nn2-c2cccc(F)c2)CC1. The number of hydrogen-bond donors (Lipinski definition) is 0. The Morgan fingerprint density at radius 1 is 1.21 bits per heavy atom. The molecule has 0 bridgehead atoms. The van der Waals surface area contributed by atoms with Crippen LogP contribution in [0.5, 0.6) is 0 Å². The van der Waals surface area contributed by atoms with Crippen LogP contribution in [0.15, 0.2) is 24.3 Å². The van der Waals surface area contributed by atoms with E-state index in [0.717, 1.165) is 49.8 Å². The normalized spacial score (nSPS) is 15.2. The number of carbonyl (C=O) groups excluding carboxylic acids is 1. The van der Waals surface area contributed by atoms with Crippen LogP contribution in [-0.2, 0) is 16.1 Å². The van der Waals surface area contributed by atoms with E-state index in [1.807, 2.05) is 43.3 Å². The van der Waals surface area contributed by atoms with Crippen LogP contribution in [0.25, 0.3) is 5.69 Å². The number of rotatable bonds is 8. The Balaban J connectivity index is 2.05. The molecule has 8 heteroatoms. The molecule has 0 unspecified atom stereocenters. The number of likely N-dealkylation sites (N-methyl/N-ethyl adjacent to an activating group) is 1. The van der Waals surface area contributed by atoms with E-state index >= 15 is 0 Å². The fraction of sp³-hybridized carbons (Fsp3) is 0.600. The van der Waals surface area contributed by atoms with Gasteiger partial charge in [-0.15, -0.1) is 0 Å². The van der Waals surface area contributed by atoms with E-state index in [1.54, 1.807) is 13.2 Å². The van der Waals surface area contributed by atoms with Gasteiger partial charge < -0.3 is 19.4 Å². The maximum atomic E-state index is 14.1. The number of halogens is 1. The number of methoxy groups -OCH3 is 1. The highest BCUT2D eigenvalue weighted by molar-refractivity contribution is 5.81. The van der Waals surface area contributed by atoms with E-state index < -0.39 is 5.41 Å². The van der Waals surface area contributed by atoms with Crippen LogP contribution in [0.4, 0.5) is 10.2 Å². The van der Waals surface area contributed by atoms with E-state index in [1.165, 1.54) is 12.1 Å². The molecule has 0 radical (unpaired) electrons. The number of carbonyl (C=O) groups is 1. The van der Waals surface area contributed by atoms with Gasteiger partial charge in [-0.25, -0.2) is 9.07 Å². The standard InChI is InChI=1S/C25H38FN5O2/c1-7-28-11-13-29(14-12-28)23-22(18-30(15-16-33-6)24(32)25(3,4)5)19(2)27-31(23)21-10-8-9-20(26)17-21/h8-10,17H,7,11-16,18H2,1-6H3. The predicted molar refractivity (Wildman–Crippen MR) is 129 cm³/mol. The molecule has 1 aromatic carbocycles. The molecular formula is C25H38FN5O2. The molecule has 1 aromatic heterocycles. The molecular weight excluding hydrogens is 421 g/mol. The molecule has 182 valence electrons. The lowest BCUT2D eigenvalue weighted by Gasteiger charge is -2.37. The van der Waals surface area contributed by atoms with Gasteiger partial charge in [-0.05, 0) is 31.7 Å². The summed E-state index contributed by atoms with van der Waals surface area (Å²) in [6.45, 7) is 16.0. The minimum atomic E-state index is -0.507. The van der Waals surface area contributed by atoms with Crippen LogP contribution < -0.4 is 4.90 Å². The molecule has 0 saturated carbocycles. The molecule has 1 amide bonds. The van der Waals surface area contributed by atoms with Crippen molar-refractivity contribution in [2.24, 2.45) is 5.41 Å². The first-order valence-corrected chi connectivity index (χ1v) is 11.8. The first-order chi connectivity index (χ1) is 15.7. The highest BCUT2D eigenvalue weighted by Gasteiger charge is 2.31. The summed E-state index contributed by atoms with van der Waals surface area (Å²) in [5.41, 5.74) is 2.02. The van der Waals surface area contributed by atoms with Gasteiger partial charge in [0, 0.05) is 50.8 Å². The topological polar surface area (TPSA) is 53.8 Å². The first-order valence-electron chi connectivity index (χ1n) is 11.8. The van der Waals surface area contributed by atoms with E-state index in [4.69, 9.17) is 9.84 Å². The lowest BCUT2D eigenvalue weighted by Crippen LogP contribution is -2.47. The number of benzene rings is 1. The van der Waals surface area contributed by atoms with Crippen molar-refractivity contribution in [1.29, 1.82) is 0 Å². The summed E-state index contributed by atoms with van der Waals surface area (Å²) >= 11 is 0. The number of aromatic nitrogens is 2. The molecule has 33 heavy (non-hydrogen) atoms. The van der Waals surface area contributed by atoms with Gasteiger partial charge in [0.15, 0.2) is 0 Å². The highest BCUT2D eigenvalue weighted by Crippen LogP contribution is 2.31. The highest BCUT2D eigenvalue weighted by atomic mass is 19.1. The van der Waals surface area contributed by atoms with Gasteiger partial charge in [-0.2, -0.15) is 5.10 Å². The van der Waals surface area contributed by atoms with Crippen molar-refractivity contribution in [3.63, 3.8) is 0 Å². The minimum absolute atomic E-state index is 0.0687. The third-order valence-corrected chi connectivity index (χ3v) is 6.17. The largest absolute Gasteiger partial charge is 0.383 e. The molecule has 0 aliphatic carbocycles.